The molecule has 148 valence electrons. The number of carbonyl (C=O) groups excluding carboxylic acids is 1. The van der Waals surface area contributed by atoms with Crippen molar-refractivity contribution < 1.29 is 22.9 Å². The largest absolute Gasteiger partial charge is 0.416 e. The summed E-state index contributed by atoms with van der Waals surface area (Å²) in [6, 6.07) is 6.89. The van der Waals surface area contributed by atoms with Gasteiger partial charge in [-0.1, -0.05) is 6.07 Å². The molecule has 0 radical (unpaired) electrons. The molecular weight excluding hydrogens is 375 g/mol. The maximum absolute atomic E-state index is 12.8. The lowest BCUT2D eigenvalue weighted by Crippen LogP contribution is -2.32. The van der Waals surface area contributed by atoms with Crippen LogP contribution in [0.4, 0.5) is 30.2 Å². The number of nitro groups is 1. The molecule has 0 bridgehead atoms. The third-order valence-electron chi connectivity index (χ3n) is 4.65. The van der Waals surface area contributed by atoms with Crippen molar-refractivity contribution in [2.45, 2.75) is 38.4 Å². The molecule has 0 unspecified atom stereocenters. The summed E-state index contributed by atoms with van der Waals surface area (Å²) in [5.41, 5.74) is 1.02. The summed E-state index contributed by atoms with van der Waals surface area (Å²) in [4.78, 5) is 22.6. The molecule has 28 heavy (non-hydrogen) atoms. The van der Waals surface area contributed by atoms with Gasteiger partial charge in [0.25, 0.3) is 5.69 Å². The lowest BCUT2D eigenvalue weighted by atomic mass is 10.1. The molecule has 1 aliphatic rings. The SMILES string of the molecule is C[C@H](Nc1ccc(C(F)(F)F)cc1[N+](=O)[O-])C(=O)Nc1ccc2c(c1)CCC2. The first-order chi connectivity index (χ1) is 13.1. The Morgan fingerprint density at radius 3 is 2.54 bits per heavy atom. The minimum atomic E-state index is -4.69. The average Bonchev–Trinajstić information content (AvgIpc) is 3.08. The molecule has 0 saturated carbocycles. The third-order valence-corrected chi connectivity index (χ3v) is 4.65. The molecule has 0 heterocycles. The monoisotopic (exact) mass is 393 g/mol. The molecule has 0 fully saturated rings. The Morgan fingerprint density at radius 2 is 1.86 bits per heavy atom. The summed E-state index contributed by atoms with van der Waals surface area (Å²) in [5, 5.41) is 16.5. The first-order valence-electron chi connectivity index (χ1n) is 8.70. The Hall–Kier alpha value is -3.10. The molecule has 1 atom stereocenters. The molecule has 3 rings (SSSR count). The van der Waals surface area contributed by atoms with Gasteiger partial charge in [0.2, 0.25) is 5.91 Å². The van der Waals surface area contributed by atoms with Crippen LogP contribution >= 0.6 is 0 Å². The first kappa shape index (κ1) is 19.7. The Labute approximate surface area is 158 Å². The topological polar surface area (TPSA) is 84.3 Å². The minimum Gasteiger partial charge on any atom is -0.368 e. The fraction of sp³-hybridized carbons (Fsp3) is 0.316. The fourth-order valence-corrected chi connectivity index (χ4v) is 3.18. The van der Waals surface area contributed by atoms with Crippen LogP contribution in [0, 0.1) is 10.1 Å². The first-order valence-corrected chi connectivity index (χ1v) is 8.70. The van der Waals surface area contributed by atoms with E-state index in [4.69, 9.17) is 0 Å². The van der Waals surface area contributed by atoms with Crippen molar-refractivity contribution in [1.29, 1.82) is 0 Å². The number of anilines is 2. The van der Waals surface area contributed by atoms with E-state index in [1.54, 1.807) is 6.07 Å². The van der Waals surface area contributed by atoms with Crippen molar-refractivity contribution in [2.24, 2.45) is 0 Å². The van der Waals surface area contributed by atoms with Crippen molar-refractivity contribution in [3.05, 3.63) is 63.2 Å². The highest BCUT2D eigenvalue weighted by molar-refractivity contribution is 5.96. The smallest absolute Gasteiger partial charge is 0.368 e. The number of amides is 1. The third kappa shape index (κ3) is 4.24. The number of hydrogen-bond acceptors (Lipinski definition) is 4. The van der Waals surface area contributed by atoms with Crippen LogP contribution in [0.1, 0.15) is 30.0 Å². The van der Waals surface area contributed by atoms with E-state index in [2.05, 4.69) is 10.6 Å². The Kier molecular flexibility index (Phi) is 5.26. The van der Waals surface area contributed by atoms with E-state index in [-0.39, 0.29) is 5.69 Å². The van der Waals surface area contributed by atoms with Crippen LogP contribution in [0.3, 0.4) is 0 Å². The summed E-state index contributed by atoms with van der Waals surface area (Å²) in [6.07, 6.45) is -1.66. The standard InChI is InChI=1S/C19H18F3N3O3/c1-11(18(26)24-15-7-5-12-3-2-4-13(12)9-15)23-16-8-6-14(19(20,21)22)10-17(16)25(27)28/h5-11,23H,2-4H2,1H3,(H,24,26)/t11-/m0/s1. The molecule has 0 saturated heterocycles. The number of benzene rings is 2. The number of nitrogens with zero attached hydrogens (tertiary/aromatic N) is 1. The van der Waals surface area contributed by atoms with Crippen LogP contribution in [-0.2, 0) is 23.8 Å². The van der Waals surface area contributed by atoms with Crippen LogP contribution in [-0.4, -0.2) is 16.9 Å². The van der Waals surface area contributed by atoms with E-state index in [9.17, 15) is 28.1 Å². The zero-order valence-corrected chi connectivity index (χ0v) is 15.0. The quantitative estimate of drug-likeness (QED) is 0.577. The van der Waals surface area contributed by atoms with Crippen molar-refractivity contribution >= 4 is 23.0 Å². The second-order valence-electron chi connectivity index (χ2n) is 6.68. The number of nitro benzene ring substituents is 1. The predicted molar refractivity (Wildman–Crippen MR) is 98.3 cm³/mol. The summed E-state index contributed by atoms with van der Waals surface area (Å²) in [6.45, 7) is 1.48. The van der Waals surface area contributed by atoms with E-state index >= 15 is 0 Å². The highest BCUT2D eigenvalue weighted by Crippen LogP contribution is 2.35. The number of alkyl halides is 3. The van der Waals surface area contributed by atoms with Gasteiger partial charge in [0, 0.05) is 11.8 Å². The van der Waals surface area contributed by atoms with Gasteiger partial charge in [0.05, 0.1) is 10.5 Å². The molecular formula is C19H18F3N3O3. The minimum absolute atomic E-state index is 0.158. The van der Waals surface area contributed by atoms with Crippen LogP contribution < -0.4 is 10.6 Å². The van der Waals surface area contributed by atoms with Gasteiger partial charge in [-0.15, -0.1) is 0 Å². The summed E-state index contributed by atoms with van der Waals surface area (Å²) < 4.78 is 38.4. The van der Waals surface area contributed by atoms with Crippen molar-refractivity contribution in [2.75, 3.05) is 10.6 Å². The Bertz CT molecular complexity index is 928. The number of aryl methyl sites for hydroxylation is 2. The zero-order valence-electron chi connectivity index (χ0n) is 15.0. The second-order valence-corrected chi connectivity index (χ2v) is 6.68. The van der Waals surface area contributed by atoms with Gasteiger partial charge >= 0.3 is 6.18 Å². The molecule has 0 aromatic heterocycles. The lowest BCUT2D eigenvalue weighted by Gasteiger charge is -2.16. The molecule has 0 aliphatic heterocycles. The lowest BCUT2D eigenvalue weighted by molar-refractivity contribution is -0.384. The van der Waals surface area contributed by atoms with Crippen molar-refractivity contribution in [3.8, 4) is 0 Å². The van der Waals surface area contributed by atoms with Crippen LogP contribution in [0.25, 0.3) is 0 Å². The van der Waals surface area contributed by atoms with E-state index in [0.29, 0.717) is 11.8 Å². The molecule has 1 amide bonds. The van der Waals surface area contributed by atoms with Crippen LogP contribution in [0.2, 0.25) is 0 Å². The van der Waals surface area contributed by atoms with Crippen LogP contribution in [0.5, 0.6) is 0 Å². The van der Waals surface area contributed by atoms with Gasteiger partial charge in [-0.05, 0) is 61.6 Å². The van der Waals surface area contributed by atoms with Gasteiger partial charge in [-0.3, -0.25) is 14.9 Å². The summed E-state index contributed by atoms with van der Waals surface area (Å²) in [5.74, 6) is -0.452. The molecule has 0 spiro atoms. The second kappa shape index (κ2) is 7.49. The molecule has 1 aliphatic carbocycles. The van der Waals surface area contributed by atoms with Gasteiger partial charge in [-0.2, -0.15) is 13.2 Å². The van der Waals surface area contributed by atoms with E-state index in [1.807, 2.05) is 12.1 Å². The number of hydrogen-bond donors (Lipinski definition) is 2. The summed E-state index contributed by atoms with van der Waals surface area (Å²) in [7, 11) is 0. The highest BCUT2D eigenvalue weighted by Gasteiger charge is 2.33. The maximum atomic E-state index is 12.8. The number of rotatable bonds is 5. The number of halogens is 3. The Balaban J connectivity index is 1.74. The summed E-state index contributed by atoms with van der Waals surface area (Å²) >= 11 is 0. The average molecular weight is 393 g/mol. The highest BCUT2D eigenvalue weighted by atomic mass is 19.4. The van der Waals surface area contributed by atoms with Crippen molar-refractivity contribution in [3.63, 3.8) is 0 Å². The number of carbonyl (C=O) groups is 1. The van der Waals surface area contributed by atoms with Gasteiger partial charge in [0.15, 0.2) is 0 Å². The number of nitrogens with one attached hydrogen (secondary N) is 2. The molecule has 2 aromatic carbocycles. The molecule has 9 heteroatoms. The van der Waals surface area contributed by atoms with E-state index < -0.39 is 34.3 Å². The molecule has 6 nitrogen and oxygen atoms in total. The van der Waals surface area contributed by atoms with Gasteiger partial charge < -0.3 is 10.6 Å². The molecule has 2 aromatic rings. The maximum Gasteiger partial charge on any atom is 0.416 e. The van der Waals surface area contributed by atoms with E-state index in [1.165, 1.54) is 18.1 Å². The molecule has 2 N–H and O–H groups in total. The van der Waals surface area contributed by atoms with E-state index in [0.717, 1.165) is 31.4 Å². The predicted octanol–water partition coefficient (Wildman–Crippen LogP) is 4.54. The van der Waals surface area contributed by atoms with Crippen molar-refractivity contribution in [1.82, 2.24) is 0 Å². The van der Waals surface area contributed by atoms with Gasteiger partial charge in [-0.25, -0.2) is 0 Å². The zero-order chi connectivity index (χ0) is 20.5. The Morgan fingerprint density at radius 1 is 1.14 bits per heavy atom. The fourth-order valence-electron chi connectivity index (χ4n) is 3.18. The number of fused-ring (bicyclic) bond motifs is 1. The normalized spacial score (nSPS) is 14.3. The van der Waals surface area contributed by atoms with Gasteiger partial charge in [0.1, 0.15) is 11.7 Å². The van der Waals surface area contributed by atoms with Crippen LogP contribution in [0.15, 0.2) is 36.4 Å².